The Morgan fingerprint density at radius 3 is 2.77 bits per heavy atom. The average molecular weight is 450 g/mol. The van der Waals surface area contributed by atoms with Gasteiger partial charge in [0.05, 0.1) is 19.3 Å². The summed E-state index contributed by atoms with van der Waals surface area (Å²) in [6.07, 6.45) is 1.62. The molecule has 1 aliphatic carbocycles. The van der Waals surface area contributed by atoms with E-state index in [1.54, 1.807) is 6.07 Å². The van der Waals surface area contributed by atoms with Crippen molar-refractivity contribution < 1.29 is 14.6 Å². The lowest BCUT2D eigenvalue weighted by Crippen LogP contribution is -2.46. The van der Waals surface area contributed by atoms with Gasteiger partial charge in [0.2, 0.25) is 0 Å². The molecule has 4 rings (SSSR count). The number of aliphatic hydroxyl groups is 1. The van der Waals surface area contributed by atoms with Crippen molar-refractivity contribution in [2.24, 2.45) is 0 Å². The number of benzene rings is 2. The maximum atomic E-state index is 10.4. The Morgan fingerprint density at radius 1 is 1.23 bits per heavy atom. The Bertz CT molecular complexity index is 931. The molecule has 0 bridgehead atoms. The van der Waals surface area contributed by atoms with E-state index >= 15 is 0 Å². The van der Waals surface area contributed by atoms with E-state index in [4.69, 9.17) is 32.7 Å². The lowest BCUT2D eigenvalue weighted by molar-refractivity contribution is 0.0255. The van der Waals surface area contributed by atoms with E-state index in [1.807, 2.05) is 12.1 Å². The normalized spacial score (nSPS) is 20.5. The van der Waals surface area contributed by atoms with Crippen LogP contribution in [0.5, 0.6) is 5.75 Å². The Morgan fingerprint density at radius 2 is 2.00 bits per heavy atom. The van der Waals surface area contributed by atoms with Crippen LogP contribution in [-0.4, -0.2) is 36.0 Å². The Balaban J connectivity index is 1.25. The van der Waals surface area contributed by atoms with Gasteiger partial charge >= 0.3 is 0 Å². The molecule has 1 aliphatic heterocycles. The number of halogens is 2. The maximum Gasteiger partial charge on any atom is 0.126 e. The number of hydrogen-bond donors (Lipinski definition) is 2. The molecule has 1 fully saturated rings. The predicted octanol–water partition coefficient (Wildman–Crippen LogP) is 5.04. The summed E-state index contributed by atoms with van der Waals surface area (Å²) in [5, 5.41) is 15.1. The molecular weight excluding hydrogens is 421 g/mol. The second-order valence-corrected chi connectivity index (χ2v) is 9.97. The number of ether oxygens (including phenoxy) is 2. The van der Waals surface area contributed by atoms with Gasteiger partial charge in [0.15, 0.2) is 0 Å². The van der Waals surface area contributed by atoms with Gasteiger partial charge in [-0.15, -0.1) is 0 Å². The van der Waals surface area contributed by atoms with Gasteiger partial charge in [0.25, 0.3) is 0 Å². The molecule has 3 atom stereocenters. The first-order chi connectivity index (χ1) is 14.2. The highest BCUT2D eigenvalue weighted by Crippen LogP contribution is 2.55. The van der Waals surface area contributed by atoms with Crippen molar-refractivity contribution in [2.45, 2.75) is 63.9 Å². The molecule has 0 spiro atoms. The largest absolute Gasteiger partial charge is 0.489 e. The number of fused-ring (bicyclic) bond motifs is 3. The van der Waals surface area contributed by atoms with E-state index in [2.05, 4.69) is 38.2 Å². The monoisotopic (exact) mass is 449 g/mol. The van der Waals surface area contributed by atoms with Crippen LogP contribution in [0.3, 0.4) is 0 Å². The van der Waals surface area contributed by atoms with E-state index in [0.717, 1.165) is 24.2 Å². The number of aryl methyl sites for hydroxylation is 1. The molecule has 1 saturated carbocycles. The van der Waals surface area contributed by atoms with Crippen LogP contribution in [0.15, 0.2) is 30.3 Å². The molecule has 4 nitrogen and oxygen atoms in total. The third-order valence-corrected chi connectivity index (χ3v) is 6.47. The molecule has 0 saturated heterocycles. The zero-order valence-corrected chi connectivity index (χ0v) is 19.2. The van der Waals surface area contributed by atoms with Crippen LogP contribution in [-0.2, 0) is 17.8 Å². The summed E-state index contributed by atoms with van der Waals surface area (Å²) in [5.74, 6) is 1.58. The number of aliphatic hydroxyl groups excluding tert-OH is 1. The highest BCUT2D eigenvalue weighted by molar-refractivity contribution is 6.35. The summed E-state index contributed by atoms with van der Waals surface area (Å²) in [7, 11) is 0. The molecule has 6 heteroatoms. The number of hydrogen-bond acceptors (Lipinski definition) is 4. The second-order valence-electron chi connectivity index (χ2n) is 9.13. The lowest BCUT2D eigenvalue weighted by Gasteiger charge is -2.28. The van der Waals surface area contributed by atoms with E-state index in [9.17, 15) is 5.11 Å². The summed E-state index contributed by atoms with van der Waals surface area (Å²) >= 11 is 12.3. The van der Waals surface area contributed by atoms with Gasteiger partial charge in [-0.25, -0.2) is 0 Å². The third-order valence-electron chi connectivity index (χ3n) is 5.89. The number of rotatable bonds is 9. The van der Waals surface area contributed by atoms with Crippen LogP contribution in [0.25, 0.3) is 0 Å². The van der Waals surface area contributed by atoms with Crippen molar-refractivity contribution in [3.63, 3.8) is 0 Å². The van der Waals surface area contributed by atoms with Gasteiger partial charge in [-0.05, 0) is 62.4 Å². The molecule has 2 N–H and O–H groups in total. The molecule has 0 amide bonds. The molecule has 30 heavy (non-hydrogen) atoms. The van der Waals surface area contributed by atoms with Crippen molar-refractivity contribution in [2.75, 3.05) is 13.2 Å². The zero-order chi connectivity index (χ0) is 21.5. The van der Waals surface area contributed by atoms with Gasteiger partial charge in [-0.1, -0.05) is 41.4 Å². The smallest absolute Gasteiger partial charge is 0.126 e. The predicted molar refractivity (Wildman–Crippen MR) is 121 cm³/mol. The molecule has 0 aromatic heterocycles. The SMILES string of the molecule is Cc1ccc(COC[C@H](O)CNC(C)(C)Cc2ccc(Cl)cc2Cl)c2c1OC1C[C@@H]21. The van der Waals surface area contributed by atoms with Crippen LogP contribution in [0, 0.1) is 6.92 Å². The quantitative estimate of drug-likeness (QED) is 0.562. The van der Waals surface area contributed by atoms with Gasteiger partial charge in [-0.2, -0.15) is 0 Å². The molecule has 162 valence electrons. The van der Waals surface area contributed by atoms with Gasteiger partial charge in [0.1, 0.15) is 11.9 Å². The van der Waals surface area contributed by atoms with Crippen LogP contribution < -0.4 is 10.1 Å². The lowest BCUT2D eigenvalue weighted by atomic mass is 9.94. The number of nitrogens with one attached hydrogen (secondary N) is 1. The van der Waals surface area contributed by atoms with Crippen molar-refractivity contribution in [1.82, 2.24) is 5.32 Å². The summed E-state index contributed by atoms with van der Waals surface area (Å²) in [6.45, 7) is 7.49. The standard InChI is InChI=1S/C24H29Cl2NO3/c1-14-4-5-16(22-19-9-21(19)30-23(14)22)12-29-13-18(28)11-27-24(2,3)10-15-6-7-17(25)8-20(15)26/h4-8,18-19,21,27-28H,9-13H2,1-3H3/t18-,19-,21?/m1/s1. The summed E-state index contributed by atoms with van der Waals surface area (Å²) < 4.78 is 11.8. The first kappa shape index (κ1) is 21.9. The van der Waals surface area contributed by atoms with Crippen molar-refractivity contribution in [1.29, 1.82) is 0 Å². The zero-order valence-electron chi connectivity index (χ0n) is 17.7. The van der Waals surface area contributed by atoms with E-state index in [0.29, 0.717) is 35.2 Å². The summed E-state index contributed by atoms with van der Waals surface area (Å²) in [4.78, 5) is 0. The van der Waals surface area contributed by atoms with E-state index < -0.39 is 6.10 Å². The first-order valence-electron chi connectivity index (χ1n) is 10.5. The molecule has 1 unspecified atom stereocenters. The topological polar surface area (TPSA) is 50.7 Å². The fourth-order valence-electron chi connectivity index (χ4n) is 4.16. The number of β-amino-alcohol motifs (C(OH)–C–C–N with tert-alkyl or cyclic N) is 1. The second kappa shape index (κ2) is 8.68. The minimum Gasteiger partial charge on any atom is -0.489 e. The van der Waals surface area contributed by atoms with Crippen LogP contribution in [0.4, 0.5) is 0 Å². The molecular formula is C24H29Cl2NO3. The van der Waals surface area contributed by atoms with Crippen LogP contribution >= 0.6 is 23.2 Å². The fraction of sp³-hybridized carbons (Fsp3) is 0.500. The average Bonchev–Trinajstić information content (AvgIpc) is 3.35. The molecule has 0 radical (unpaired) electrons. The van der Waals surface area contributed by atoms with E-state index in [-0.39, 0.29) is 12.1 Å². The highest BCUT2D eigenvalue weighted by Gasteiger charge is 2.49. The van der Waals surface area contributed by atoms with Crippen LogP contribution in [0.1, 0.15) is 48.4 Å². The highest BCUT2D eigenvalue weighted by atomic mass is 35.5. The molecule has 2 aliphatic rings. The van der Waals surface area contributed by atoms with Gasteiger partial charge < -0.3 is 19.9 Å². The van der Waals surface area contributed by atoms with Crippen molar-refractivity contribution in [3.8, 4) is 5.75 Å². The summed E-state index contributed by atoms with van der Waals surface area (Å²) in [5.41, 5.74) is 4.48. The van der Waals surface area contributed by atoms with Crippen molar-refractivity contribution in [3.05, 3.63) is 62.6 Å². The van der Waals surface area contributed by atoms with E-state index in [1.165, 1.54) is 16.7 Å². The van der Waals surface area contributed by atoms with Crippen LogP contribution in [0.2, 0.25) is 10.0 Å². The fourth-order valence-corrected chi connectivity index (χ4v) is 4.63. The van der Waals surface area contributed by atoms with Gasteiger partial charge in [-0.3, -0.25) is 0 Å². The Labute approximate surface area is 188 Å². The Kier molecular flexibility index (Phi) is 6.34. The minimum absolute atomic E-state index is 0.228. The third kappa shape index (κ3) is 4.95. The maximum absolute atomic E-state index is 10.4. The van der Waals surface area contributed by atoms with Gasteiger partial charge in [0, 0.05) is 33.6 Å². The minimum atomic E-state index is -0.589. The molecule has 2 aromatic rings. The van der Waals surface area contributed by atoms with Crippen molar-refractivity contribution >= 4 is 23.2 Å². The first-order valence-corrected chi connectivity index (χ1v) is 11.2. The summed E-state index contributed by atoms with van der Waals surface area (Å²) in [6, 6.07) is 9.76. The Hall–Kier alpha value is -1.30. The molecule has 2 aromatic carbocycles. The molecule has 1 heterocycles.